The van der Waals surface area contributed by atoms with Gasteiger partial charge in [-0.3, -0.25) is 9.89 Å². The number of ether oxygens (including phenoxy) is 1. The molecule has 0 saturated carbocycles. The quantitative estimate of drug-likeness (QED) is 0.817. The van der Waals surface area contributed by atoms with E-state index in [2.05, 4.69) is 10.2 Å². The number of benzene rings is 1. The fourth-order valence-corrected chi connectivity index (χ4v) is 1.42. The minimum atomic E-state index is -0.752. The maximum Gasteiger partial charge on any atom is 0.360 e. The Kier molecular flexibility index (Phi) is 2.91. The van der Waals surface area contributed by atoms with Gasteiger partial charge in [-0.15, -0.1) is 0 Å². The number of nitrogens with zero attached hydrogens (tertiary/aromatic N) is 1. The fraction of sp³-hybridized carbons (Fsp3) is 0.250. The molecule has 0 spiro atoms. The minimum Gasteiger partial charge on any atom is -0.450 e. The number of carbonyl (C=O) groups is 2. The van der Waals surface area contributed by atoms with E-state index in [1.807, 2.05) is 18.2 Å². The first-order chi connectivity index (χ1) is 8.09. The molecule has 1 aromatic carbocycles. The number of fused-ring (bicyclic) bond motifs is 1. The van der Waals surface area contributed by atoms with Crippen LogP contribution in [0.2, 0.25) is 0 Å². The molecule has 0 radical (unpaired) electrons. The Hall–Kier alpha value is -2.17. The van der Waals surface area contributed by atoms with Crippen molar-refractivity contribution in [2.45, 2.75) is 20.0 Å². The maximum absolute atomic E-state index is 11.8. The van der Waals surface area contributed by atoms with Crippen molar-refractivity contribution in [2.75, 3.05) is 0 Å². The zero-order chi connectivity index (χ0) is 12.4. The van der Waals surface area contributed by atoms with Gasteiger partial charge in [0.05, 0.1) is 5.52 Å². The van der Waals surface area contributed by atoms with Crippen LogP contribution in [0.25, 0.3) is 10.9 Å². The summed E-state index contributed by atoms with van der Waals surface area (Å²) in [7, 11) is 0. The average Bonchev–Trinajstić information content (AvgIpc) is 2.72. The van der Waals surface area contributed by atoms with Gasteiger partial charge in [-0.25, -0.2) is 4.79 Å². The number of esters is 1. The first-order valence-electron chi connectivity index (χ1n) is 5.24. The summed E-state index contributed by atoms with van der Waals surface area (Å²) in [6, 6.07) is 7.23. The van der Waals surface area contributed by atoms with Crippen molar-refractivity contribution in [1.82, 2.24) is 10.2 Å². The number of nitrogens with one attached hydrogen (secondary N) is 1. The predicted octanol–water partition coefficient (Wildman–Crippen LogP) is 1.70. The Morgan fingerprint density at radius 2 is 2.06 bits per heavy atom. The van der Waals surface area contributed by atoms with Crippen molar-refractivity contribution in [3.8, 4) is 0 Å². The molecule has 1 atom stereocenters. The van der Waals surface area contributed by atoms with Gasteiger partial charge in [0.15, 0.2) is 17.6 Å². The number of H-pyrrole nitrogens is 1. The van der Waals surface area contributed by atoms with E-state index in [1.165, 1.54) is 13.8 Å². The molecule has 1 N–H and O–H groups in total. The van der Waals surface area contributed by atoms with Crippen molar-refractivity contribution >= 4 is 22.7 Å². The summed E-state index contributed by atoms with van der Waals surface area (Å²) in [5, 5.41) is 7.32. The number of para-hydroxylation sites is 1. The average molecular weight is 232 g/mol. The summed E-state index contributed by atoms with van der Waals surface area (Å²) >= 11 is 0. The zero-order valence-corrected chi connectivity index (χ0v) is 9.56. The molecule has 2 aromatic rings. The second-order valence-electron chi connectivity index (χ2n) is 3.78. The van der Waals surface area contributed by atoms with Crippen LogP contribution in [0.4, 0.5) is 0 Å². The molecular formula is C12H12N2O3. The van der Waals surface area contributed by atoms with Gasteiger partial charge in [-0.1, -0.05) is 18.2 Å². The van der Waals surface area contributed by atoms with E-state index in [4.69, 9.17) is 4.74 Å². The van der Waals surface area contributed by atoms with Gasteiger partial charge in [0.2, 0.25) is 0 Å². The molecule has 0 saturated heterocycles. The highest BCUT2D eigenvalue weighted by atomic mass is 16.5. The monoisotopic (exact) mass is 232 g/mol. The van der Waals surface area contributed by atoms with Gasteiger partial charge in [0.1, 0.15) is 0 Å². The smallest absolute Gasteiger partial charge is 0.360 e. The third-order valence-electron chi connectivity index (χ3n) is 2.52. The molecule has 1 heterocycles. The highest BCUT2D eigenvalue weighted by molar-refractivity contribution is 6.02. The SMILES string of the molecule is CC(=O)[C@@H](C)OC(=O)c1n[nH]c2ccccc12. The van der Waals surface area contributed by atoms with Gasteiger partial charge < -0.3 is 4.74 Å². The third-order valence-corrected chi connectivity index (χ3v) is 2.52. The lowest BCUT2D eigenvalue weighted by molar-refractivity contribution is -0.124. The summed E-state index contributed by atoms with van der Waals surface area (Å²) in [6.07, 6.45) is -0.752. The van der Waals surface area contributed by atoms with Gasteiger partial charge in [0, 0.05) is 5.39 Å². The van der Waals surface area contributed by atoms with Crippen molar-refractivity contribution < 1.29 is 14.3 Å². The summed E-state index contributed by atoms with van der Waals surface area (Å²) in [5.41, 5.74) is 0.962. The van der Waals surface area contributed by atoms with Crippen LogP contribution in [0.3, 0.4) is 0 Å². The standard InChI is InChI=1S/C12H12N2O3/c1-7(15)8(2)17-12(16)11-9-5-3-4-6-10(9)13-14-11/h3-6,8H,1-2H3,(H,13,14)/t8-/m1/s1. The predicted molar refractivity (Wildman–Crippen MR) is 61.7 cm³/mol. The number of Topliss-reactive ketones (excluding diaryl/α,β-unsaturated/α-hetero) is 1. The second-order valence-corrected chi connectivity index (χ2v) is 3.78. The zero-order valence-electron chi connectivity index (χ0n) is 9.56. The van der Waals surface area contributed by atoms with Crippen LogP contribution in [0, 0.1) is 0 Å². The van der Waals surface area contributed by atoms with E-state index in [-0.39, 0.29) is 11.5 Å². The summed E-state index contributed by atoms with van der Waals surface area (Å²) in [4.78, 5) is 22.8. The van der Waals surface area contributed by atoms with Crippen molar-refractivity contribution in [2.24, 2.45) is 0 Å². The normalized spacial score (nSPS) is 12.4. The Bertz CT molecular complexity index is 574. The van der Waals surface area contributed by atoms with Crippen molar-refractivity contribution in [1.29, 1.82) is 0 Å². The largest absolute Gasteiger partial charge is 0.450 e. The summed E-state index contributed by atoms with van der Waals surface area (Å²) < 4.78 is 4.99. The van der Waals surface area contributed by atoms with E-state index >= 15 is 0 Å². The molecule has 0 aliphatic rings. The molecule has 0 amide bonds. The maximum atomic E-state index is 11.8. The van der Waals surface area contributed by atoms with E-state index < -0.39 is 12.1 Å². The van der Waals surface area contributed by atoms with Crippen LogP contribution in [0.5, 0.6) is 0 Å². The number of hydrogen-bond donors (Lipinski definition) is 1. The molecule has 5 heteroatoms. The Morgan fingerprint density at radius 1 is 1.35 bits per heavy atom. The molecule has 17 heavy (non-hydrogen) atoms. The highest BCUT2D eigenvalue weighted by Crippen LogP contribution is 2.16. The second kappa shape index (κ2) is 4.37. The van der Waals surface area contributed by atoms with E-state index in [0.29, 0.717) is 5.39 Å². The van der Waals surface area contributed by atoms with Crippen LogP contribution in [0.15, 0.2) is 24.3 Å². The number of aromatic nitrogens is 2. The number of carbonyl (C=O) groups excluding carboxylic acids is 2. The van der Waals surface area contributed by atoms with Crippen LogP contribution in [-0.2, 0) is 9.53 Å². The lowest BCUT2D eigenvalue weighted by Crippen LogP contribution is -2.22. The molecular weight excluding hydrogens is 220 g/mol. The number of rotatable bonds is 3. The van der Waals surface area contributed by atoms with Crippen LogP contribution in [0.1, 0.15) is 24.3 Å². The van der Waals surface area contributed by atoms with Crippen LogP contribution >= 0.6 is 0 Å². The van der Waals surface area contributed by atoms with Gasteiger partial charge >= 0.3 is 5.97 Å². The van der Waals surface area contributed by atoms with Gasteiger partial charge in [-0.2, -0.15) is 5.10 Å². The third kappa shape index (κ3) is 2.18. The molecule has 0 aliphatic heterocycles. The molecule has 0 fully saturated rings. The fourth-order valence-electron chi connectivity index (χ4n) is 1.42. The minimum absolute atomic E-state index is 0.196. The highest BCUT2D eigenvalue weighted by Gasteiger charge is 2.19. The molecule has 0 bridgehead atoms. The van der Waals surface area contributed by atoms with Crippen LogP contribution in [-0.4, -0.2) is 28.1 Å². The van der Waals surface area contributed by atoms with Crippen molar-refractivity contribution in [3.05, 3.63) is 30.0 Å². The van der Waals surface area contributed by atoms with Gasteiger partial charge in [0.25, 0.3) is 0 Å². The van der Waals surface area contributed by atoms with E-state index in [1.54, 1.807) is 6.07 Å². The Labute approximate surface area is 97.8 Å². The van der Waals surface area contributed by atoms with Gasteiger partial charge in [-0.05, 0) is 19.9 Å². The first kappa shape index (κ1) is 11.3. The summed E-state index contributed by atoms with van der Waals surface area (Å²) in [5.74, 6) is -0.789. The molecule has 5 nitrogen and oxygen atoms in total. The van der Waals surface area contributed by atoms with E-state index in [9.17, 15) is 9.59 Å². The first-order valence-corrected chi connectivity index (χ1v) is 5.24. The molecule has 0 unspecified atom stereocenters. The molecule has 2 rings (SSSR count). The number of hydrogen-bond acceptors (Lipinski definition) is 4. The number of aromatic amines is 1. The van der Waals surface area contributed by atoms with Crippen LogP contribution < -0.4 is 0 Å². The topological polar surface area (TPSA) is 72.1 Å². The molecule has 0 aliphatic carbocycles. The number of ketones is 1. The summed E-state index contributed by atoms with van der Waals surface area (Å²) in [6.45, 7) is 2.91. The van der Waals surface area contributed by atoms with E-state index in [0.717, 1.165) is 5.52 Å². The Morgan fingerprint density at radius 3 is 2.76 bits per heavy atom. The lowest BCUT2D eigenvalue weighted by atomic mass is 10.2. The Balaban J connectivity index is 2.28. The van der Waals surface area contributed by atoms with Crippen molar-refractivity contribution in [3.63, 3.8) is 0 Å². The lowest BCUT2D eigenvalue weighted by Gasteiger charge is -2.08. The molecule has 1 aromatic heterocycles. The molecule has 88 valence electrons.